The Morgan fingerprint density at radius 2 is 1.88 bits per heavy atom. The lowest BCUT2D eigenvalue weighted by molar-refractivity contribution is 0.0987. The molecule has 0 radical (unpaired) electrons. The lowest BCUT2D eigenvalue weighted by atomic mass is 9.67. The summed E-state index contributed by atoms with van der Waals surface area (Å²) in [6.07, 6.45) is 9.94. The summed E-state index contributed by atoms with van der Waals surface area (Å²) >= 11 is 0. The third-order valence-electron chi connectivity index (χ3n) is 5.09. The van der Waals surface area contributed by atoms with E-state index in [1.54, 1.807) is 24.5 Å². The van der Waals surface area contributed by atoms with Crippen LogP contribution in [0.15, 0.2) is 36.7 Å². The third-order valence-corrected chi connectivity index (χ3v) is 5.09. The third kappa shape index (κ3) is 3.53. The lowest BCUT2D eigenvalue weighted by Crippen LogP contribution is -2.32. The number of carbonyl (C=O) groups excluding carboxylic acids is 1. The molecule has 1 fully saturated rings. The van der Waals surface area contributed by atoms with Gasteiger partial charge in [-0.1, -0.05) is 38.3 Å². The molecule has 0 aliphatic heterocycles. The maximum Gasteiger partial charge on any atom is 0.165 e. The average Bonchev–Trinajstić information content (AvgIpc) is 2.62. The molecule has 4 heteroatoms. The molecule has 0 amide bonds. The number of ketones is 1. The van der Waals surface area contributed by atoms with Crippen molar-refractivity contribution in [2.75, 3.05) is 0 Å². The fourth-order valence-electron chi connectivity index (χ4n) is 3.71. The quantitative estimate of drug-likeness (QED) is 0.751. The molecule has 3 rings (SSSR count). The molecule has 0 spiro atoms. The van der Waals surface area contributed by atoms with Crippen LogP contribution in [0.1, 0.15) is 67.2 Å². The number of aromatic nitrogens is 2. The lowest BCUT2D eigenvalue weighted by Gasteiger charge is -2.37. The molecule has 0 unspecified atom stereocenters. The Morgan fingerprint density at radius 1 is 1.17 bits per heavy atom. The minimum absolute atomic E-state index is 0.0547. The summed E-state index contributed by atoms with van der Waals surface area (Å²) in [7, 11) is 0. The van der Waals surface area contributed by atoms with Crippen molar-refractivity contribution in [3.63, 3.8) is 0 Å². The second kappa shape index (κ2) is 7.20. The highest BCUT2D eigenvalue weighted by atomic mass is 19.1. The molecule has 1 aliphatic rings. The van der Waals surface area contributed by atoms with Crippen molar-refractivity contribution in [2.45, 2.75) is 57.3 Å². The summed E-state index contributed by atoms with van der Waals surface area (Å²) in [6.45, 7) is 1.83. The maximum atomic E-state index is 13.7. The Labute approximate surface area is 142 Å². The van der Waals surface area contributed by atoms with Gasteiger partial charge in [-0.3, -0.25) is 4.79 Å². The molecule has 1 aromatic heterocycles. The van der Waals surface area contributed by atoms with Gasteiger partial charge in [-0.05, 0) is 30.5 Å². The number of benzene rings is 1. The second-order valence-electron chi connectivity index (χ2n) is 6.69. The van der Waals surface area contributed by atoms with Gasteiger partial charge < -0.3 is 0 Å². The summed E-state index contributed by atoms with van der Waals surface area (Å²) in [6, 6.07) is 6.94. The van der Waals surface area contributed by atoms with Gasteiger partial charge in [0.05, 0.1) is 5.56 Å². The maximum absolute atomic E-state index is 13.7. The van der Waals surface area contributed by atoms with Gasteiger partial charge in [-0.15, -0.1) is 0 Å². The van der Waals surface area contributed by atoms with Gasteiger partial charge in [0.25, 0.3) is 0 Å². The summed E-state index contributed by atoms with van der Waals surface area (Å²) in [5.41, 5.74) is 1.50. The van der Waals surface area contributed by atoms with Gasteiger partial charge in [0.1, 0.15) is 11.6 Å². The second-order valence-corrected chi connectivity index (χ2v) is 6.69. The molecule has 1 aromatic carbocycles. The fourth-order valence-corrected chi connectivity index (χ4v) is 3.71. The number of Topliss-reactive ketones (excluding diaryl/α,β-unsaturated/α-hetero) is 1. The SMILES string of the molecule is CCC(=O)c1cnc(CC2(c3cccc(F)c3)CCCCC2)nc1. The van der Waals surface area contributed by atoms with Crippen LogP contribution in [-0.2, 0) is 11.8 Å². The van der Waals surface area contributed by atoms with Crippen molar-refractivity contribution >= 4 is 5.78 Å². The highest BCUT2D eigenvalue weighted by Gasteiger charge is 2.35. The Morgan fingerprint density at radius 3 is 2.50 bits per heavy atom. The van der Waals surface area contributed by atoms with Crippen LogP contribution in [-0.4, -0.2) is 15.8 Å². The number of carbonyl (C=O) groups is 1. The van der Waals surface area contributed by atoms with Gasteiger partial charge in [0.2, 0.25) is 0 Å². The molecular weight excluding hydrogens is 303 g/mol. The highest BCUT2D eigenvalue weighted by Crippen LogP contribution is 2.41. The molecule has 0 atom stereocenters. The Balaban J connectivity index is 1.88. The van der Waals surface area contributed by atoms with E-state index in [4.69, 9.17) is 0 Å². The Kier molecular flexibility index (Phi) is 5.03. The number of nitrogens with zero attached hydrogens (tertiary/aromatic N) is 2. The summed E-state index contributed by atoms with van der Waals surface area (Å²) in [5.74, 6) is 0.593. The van der Waals surface area contributed by atoms with E-state index < -0.39 is 0 Å². The van der Waals surface area contributed by atoms with E-state index in [-0.39, 0.29) is 17.0 Å². The minimum atomic E-state index is -0.192. The predicted molar refractivity (Wildman–Crippen MR) is 91.5 cm³/mol. The standard InChI is InChI=1S/C20H23FN2O/c1-2-18(24)15-13-22-19(23-14-15)12-20(9-4-3-5-10-20)16-7-6-8-17(21)11-16/h6-8,11,13-14H,2-5,9-10,12H2,1H3. The van der Waals surface area contributed by atoms with Crippen molar-refractivity contribution in [2.24, 2.45) is 0 Å². The van der Waals surface area contributed by atoms with Crippen LogP contribution in [0.3, 0.4) is 0 Å². The van der Waals surface area contributed by atoms with Crippen molar-refractivity contribution in [1.82, 2.24) is 9.97 Å². The van der Waals surface area contributed by atoms with Gasteiger partial charge in [-0.2, -0.15) is 0 Å². The van der Waals surface area contributed by atoms with E-state index in [0.717, 1.165) is 37.1 Å². The molecule has 1 heterocycles. The first-order valence-corrected chi connectivity index (χ1v) is 8.73. The van der Waals surface area contributed by atoms with Gasteiger partial charge in [0, 0.05) is 30.7 Å². The van der Waals surface area contributed by atoms with Crippen molar-refractivity contribution in [3.8, 4) is 0 Å². The summed E-state index contributed by atoms with van der Waals surface area (Å²) in [4.78, 5) is 20.5. The molecule has 0 N–H and O–H groups in total. The van der Waals surface area contributed by atoms with E-state index in [9.17, 15) is 9.18 Å². The number of rotatable bonds is 5. The molecule has 24 heavy (non-hydrogen) atoms. The minimum Gasteiger partial charge on any atom is -0.294 e. The van der Waals surface area contributed by atoms with Crippen LogP contribution >= 0.6 is 0 Å². The number of hydrogen-bond acceptors (Lipinski definition) is 3. The topological polar surface area (TPSA) is 42.9 Å². The summed E-state index contributed by atoms with van der Waals surface area (Å²) in [5, 5.41) is 0. The van der Waals surface area contributed by atoms with E-state index in [1.807, 2.05) is 13.0 Å². The first-order valence-electron chi connectivity index (χ1n) is 8.73. The molecule has 0 saturated heterocycles. The number of halogens is 1. The fraction of sp³-hybridized carbons (Fsp3) is 0.450. The van der Waals surface area contributed by atoms with Gasteiger partial charge in [0.15, 0.2) is 5.78 Å². The smallest absolute Gasteiger partial charge is 0.165 e. The molecule has 2 aromatic rings. The van der Waals surface area contributed by atoms with Gasteiger partial charge in [-0.25, -0.2) is 14.4 Å². The summed E-state index contributed by atoms with van der Waals surface area (Å²) < 4.78 is 13.7. The van der Waals surface area contributed by atoms with E-state index in [0.29, 0.717) is 18.4 Å². The average molecular weight is 326 g/mol. The van der Waals surface area contributed by atoms with Crippen molar-refractivity contribution < 1.29 is 9.18 Å². The van der Waals surface area contributed by atoms with E-state index >= 15 is 0 Å². The van der Waals surface area contributed by atoms with E-state index in [1.165, 1.54) is 12.5 Å². The first kappa shape index (κ1) is 16.7. The normalized spacial score (nSPS) is 16.8. The molecule has 1 saturated carbocycles. The largest absolute Gasteiger partial charge is 0.294 e. The zero-order valence-electron chi connectivity index (χ0n) is 14.1. The zero-order chi connectivity index (χ0) is 17.0. The molecule has 1 aliphatic carbocycles. The number of hydrogen-bond donors (Lipinski definition) is 0. The van der Waals surface area contributed by atoms with Crippen LogP contribution in [0.4, 0.5) is 4.39 Å². The molecule has 3 nitrogen and oxygen atoms in total. The molecule has 126 valence electrons. The van der Waals surface area contributed by atoms with Gasteiger partial charge >= 0.3 is 0 Å². The first-order chi connectivity index (χ1) is 11.6. The predicted octanol–water partition coefficient (Wildman–Crippen LogP) is 4.65. The Bertz CT molecular complexity index is 706. The van der Waals surface area contributed by atoms with Crippen LogP contribution in [0.5, 0.6) is 0 Å². The van der Waals surface area contributed by atoms with Crippen molar-refractivity contribution in [3.05, 3.63) is 59.4 Å². The highest BCUT2D eigenvalue weighted by molar-refractivity contribution is 5.95. The van der Waals surface area contributed by atoms with Crippen LogP contribution < -0.4 is 0 Å². The monoisotopic (exact) mass is 326 g/mol. The Hall–Kier alpha value is -2.10. The molecule has 0 bridgehead atoms. The van der Waals surface area contributed by atoms with Crippen LogP contribution in [0.25, 0.3) is 0 Å². The van der Waals surface area contributed by atoms with Crippen molar-refractivity contribution in [1.29, 1.82) is 0 Å². The van der Waals surface area contributed by atoms with E-state index in [2.05, 4.69) is 9.97 Å². The van der Waals surface area contributed by atoms with Crippen LogP contribution in [0, 0.1) is 5.82 Å². The zero-order valence-corrected chi connectivity index (χ0v) is 14.1. The molecular formula is C20H23FN2O. The van der Waals surface area contributed by atoms with Crippen LogP contribution in [0.2, 0.25) is 0 Å².